The van der Waals surface area contributed by atoms with Crippen LogP contribution in [0.15, 0.2) is 36.5 Å². The third-order valence-corrected chi connectivity index (χ3v) is 1.98. The minimum atomic E-state index is -0.259. The molecule has 2 aromatic rings. The number of nitrogens with zero attached hydrogens (tertiary/aromatic N) is 1. The molecule has 1 aromatic carbocycles. The van der Waals surface area contributed by atoms with E-state index in [-0.39, 0.29) is 5.82 Å². The fraction of sp³-hybridized carbons (Fsp3) is 0. The summed E-state index contributed by atoms with van der Waals surface area (Å²) in [4.78, 5) is 2.81. The lowest BCUT2D eigenvalue weighted by Crippen LogP contribution is -1.75. The van der Waals surface area contributed by atoms with Crippen LogP contribution in [-0.4, -0.2) is 4.98 Å². The molecule has 14 heavy (non-hydrogen) atoms. The molecule has 2 rings (SSSR count). The van der Waals surface area contributed by atoms with Crippen LogP contribution in [0, 0.1) is 17.1 Å². The molecule has 1 N–H and O–H groups in total. The highest BCUT2D eigenvalue weighted by atomic mass is 19.1. The van der Waals surface area contributed by atoms with Crippen LogP contribution in [0.1, 0.15) is 5.69 Å². The van der Waals surface area contributed by atoms with Crippen LogP contribution in [0.3, 0.4) is 0 Å². The molecule has 0 saturated carbocycles. The highest BCUT2D eigenvalue weighted by Gasteiger charge is 2.00. The highest BCUT2D eigenvalue weighted by Crippen LogP contribution is 2.19. The Morgan fingerprint density at radius 1 is 1.14 bits per heavy atom. The first-order valence-corrected chi connectivity index (χ1v) is 4.14. The number of nitrogens with one attached hydrogen (secondary N) is 1. The summed E-state index contributed by atoms with van der Waals surface area (Å²) < 4.78 is 12.6. The van der Waals surface area contributed by atoms with Crippen molar-refractivity contribution in [2.75, 3.05) is 0 Å². The molecule has 0 saturated heterocycles. The van der Waals surface area contributed by atoms with Gasteiger partial charge in [0.25, 0.3) is 0 Å². The van der Waals surface area contributed by atoms with Crippen molar-refractivity contribution in [3.05, 3.63) is 48.0 Å². The standard InChI is InChI=1S/C11H7FN2/c12-10-3-1-8(2-4-10)9-5-11(6-13)14-7-9/h1-5,7,14H. The van der Waals surface area contributed by atoms with Gasteiger partial charge in [-0.1, -0.05) is 12.1 Å². The Balaban J connectivity index is 2.40. The van der Waals surface area contributed by atoms with E-state index in [1.165, 1.54) is 12.1 Å². The number of aromatic nitrogens is 1. The Morgan fingerprint density at radius 2 is 1.86 bits per heavy atom. The zero-order valence-corrected chi connectivity index (χ0v) is 7.29. The van der Waals surface area contributed by atoms with Crippen LogP contribution in [0.25, 0.3) is 11.1 Å². The Hall–Kier alpha value is -2.08. The van der Waals surface area contributed by atoms with Crippen molar-refractivity contribution in [2.24, 2.45) is 0 Å². The Morgan fingerprint density at radius 3 is 2.43 bits per heavy atom. The number of H-pyrrole nitrogens is 1. The number of hydrogen-bond donors (Lipinski definition) is 1. The quantitative estimate of drug-likeness (QED) is 0.730. The summed E-state index contributed by atoms with van der Waals surface area (Å²) in [7, 11) is 0. The monoisotopic (exact) mass is 186 g/mol. The smallest absolute Gasteiger partial charge is 0.123 e. The van der Waals surface area contributed by atoms with Gasteiger partial charge >= 0.3 is 0 Å². The summed E-state index contributed by atoms with van der Waals surface area (Å²) in [5.74, 6) is -0.259. The van der Waals surface area contributed by atoms with Crippen molar-refractivity contribution in [2.45, 2.75) is 0 Å². The average Bonchev–Trinajstić information content (AvgIpc) is 2.67. The second-order valence-corrected chi connectivity index (χ2v) is 2.92. The van der Waals surface area contributed by atoms with Crippen LogP contribution in [0.4, 0.5) is 4.39 Å². The van der Waals surface area contributed by atoms with E-state index in [2.05, 4.69) is 4.98 Å². The van der Waals surface area contributed by atoms with Gasteiger partial charge < -0.3 is 4.98 Å². The van der Waals surface area contributed by atoms with E-state index < -0.39 is 0 Å². The summed E-state index contributed by atoms with van der Waals surface area (Å²) in [5, 5.41) is 8.60. The number of nitriles is 1. The fourth-order valence-corrected chi connectivity index (χ4v) is 1.27. The van der Waals surface area contributed by atoms with Gasteiger partial charge in [-0.15, -0.1) is 0 Å². The number of aromatic amines is 1. The third kappa shape index (κ3) is 1.50. The molecule has 0 atom stereocenters. The van der Waals surface area contributed by atoms with E-state index in [1.807, 2.05) is 6.07 Å². The zero-order valence-electron chi connectivity index (χ0n) is 7.29. The maximum atomic E-state index is 12.6. The molecular weight excluding hydrogens is 179 g/mol. The van der Waals surface area contributed by atoms with E-state index in [1.54, 1.807) is 24.4 Å². The molecule has 0 amide bonds. The number of hydrogen-bond acceptors (Lipinski definition) is 1. The summed E-state index contributed by atoms with van der Waals surface area (Å²) in [6, 6.07) is 9.88. The first-order chi connectivity index (χ1) is 6.79. The molecular formula is C11H7FN2. The lowest BCUT2D eigenvalue weighted by atomic mass is 10.1. The van der Waals surface area contributed by atoms with Crippen LogP contribution < -0.4 is 0 Å². The summed E-state index contributed by atoms with van der Waals surface area (Å²) in [5.41, 5.74) is 2.29. The van der Waals surface area contributed by atoms with Crippen LogP contribution in [0.5, 0.6) is 0 Å². The summed E-state index contributed by atoms with van der Waals surface area (Å²) >= 11 is 0. The SMILES string of the molecule is N#Cc1cc(-c2ccc(F)cc2)c[nH]1. The molecule has 2 nitrogen and oxygen atoms in total. The molecule has 1 heterocycles. The van der Waals surface area contributed by atoms with Gasteiger partial charge in [-0.05, 0) is 23.8 Å². The van der Waals surface area contributed by atoms with Crippen molar-refractivity contribution < 1.29 is 4.39 Å². The first kappa shape index (κ1) is 8.52. The summed E-state index contributed by atoms with van der Waals surface area (Å²) in [6.45, 7) is 0. The second kappa shape index (κ2) is 3.35. The molecule has 0 fully saturated rings. The van der Waals surface area contributed by atoms with Gasteiger partial charge in [0.15, 0.2) is 0 Å². The molecule has 0 aliphatic carbocycles. The number of benzene rings is 1. The van der Waals surface area contributed by atoms with Crippen LogP contribution >= 0.6 is 0 Å². The summed E-state index contributed by atoms with van der Waals surface area (Å²) in [6.07, 6.45) is 1.73. The maximum Gasteiger partial charge on any atom is 0.123 e. The molecule has 68 valence electrons. The van der Waals surface area contributed by atoms with E-state index in [9.17, 15) is 4.39 Å². The van der Waals surface area contributed by atoms with Gasteiger partial charge in [-0.2, -0.15) is 5.26 Å². The second-order valence-electron chi connectivity index (χ2n) is 2.92. The van der Waals surface area contributed by atoms with Gasteiger partial charge in [-0.3, -0.25) is 0 Å². The van der Waals surface area contributed by atoms with Crippen LogP contribution in [0.2, 0.25) is 0 Å². The van der Waals surface area contributed by atoms with Crippen molar-refractivity contribution in [1.82, 2.24) is 4.98 Å². The minimum Gasteiger partial charge on any atom is -0.353 e. The molecule has 0 aliphatic rings. The van der Waals surface area contributed by atoms with Gasteiger partial charge in [0.05, 0.1) is 0 Å². The van der Waals surface area contributed by atoms with Crippen molar-refractivity contribution >= 4 is 0 Å². The minimum absolute atomic E-state index is 0.259. The molecule has 0 spiro atoms. The normalized spacial score (nSPS) is 9.71. The van der Waals surface area contributed by atoms with E-state index in [4.69, 9.17) is 5.26 Å². The Kier molecular flexibility index (Phi) is 2.04. The number of rotatable bonds is 1. The maximum absolute atomic E-state index is 12.6. The van der Waals surface area contributed by atoms with Gasteiger partial charge in [0, 0.05) is 11.8 Å². The molecule has 3 heteroatoms. The predicted molar refractivity (Wildman–Crippen MR) is 50.9 cm³/mol. The van der Waals surface area contributed by atoms with E-state index in [0.29, 0.717) is 5.69 Å². The topological polar surface area (TPSA) is 39.6 Å². The van der Waals surface area contributed by atoms with Crippen molar-refractivity contribution in [1.29, 1.82) is 5.26 Å². The average molecular weight is 186 g/mol. The first-order valence-electron chi connectivity index (χ1n) is 4.14. The fourth-order valence-electron chi connectivity index (χ4n) is 1.27. The lowest BCUT2D eigenvalue weighted by Gasteiger charge is -1.95. The lowest BCUT2D eigenvalue weighted by molar-refractivity contribution is 0.628. The van der Waals surface area contributed by atoms with Crippen molar-refractivity contribution in [3.63, 3.8) is 0 Å². The van der Waals surface area contributed by atoms with Gasteiger partial charge in [0.1, 0.15) is 17.6 Å². The van der Waals surface area contributed by atoms with E-state index >= 15 is 0 Å². The molecule has 1 aromatic heterocycles. The molecule has 0 aliphatic heterocycles. The van der Waals surface area contributed by atoms with Crippen molar-refractivity contribution in [3.8, 4) is 17.2 Å². The predicted octanol–water partition coefficient (Wildman–Crippen LogP) is 2.69. The molecule has 0 radical (unpaired) electrons. The van der Waals surface area contributed by atoms with Gasteiger partial charge in [0.2, 0.25) is 0 Å². The van der Waals surface area contributed by atoms with Gasteiger partial charge in [-0.25, -0.2) is 4.39 Å². The van der Waals surface area contributed by atoms with E-state index in [0.717, 1.165) is 11.1 Å². The largest absolute Gasteiger partial charge is 0.353 e. The highest BCUT2D eigenvalue weighted by molar-refractivity contribution is 5.64. The van der Waals surface area contributed by atoms with Crippen LogP contribution in [-0.2, 0) is 0 Å². The Bertz CT molecular complexity index is 477. The molecule has 0 unspecified atom stereocenters. The third-order valence-electron chi connectivity index (χ3n) is 1.98. The zero-order chi connectivity index (χ0) is 9.97. The number of halogens is 1. The Labute approximate surface area is 80.6 Å². The molecule has 0 bridgehead atoms.